The van der Waals surface area contributed by atoms with E-state index in [1.54, 1.807) is 25.1 Å². The van der Waals surface area contributed by atoms with Crippen LogP contribution < -0.4 is 0 Å². The molecule has 0 aliphatic carbocycles. The summed E-state index contributed by atoms with van der Waals surface area (Å²) in [4.78, 5) is 15.4. The second-order valence-electron chi connectivity index (χ2n) is 2.99. The van der Waals surface area contributed by atoms with Gasteiger partial charge in [-0.05, 0) is 25.1 Å². The first-order valence-electron chi connectivity index (χ1n) is 4.68. The fraction of sp³-hybridized carbons (Fsp3) is 0.200. The van der Waals surface area contributed by atoms with E-state index in [9.17, 15) is 4.79 Å². The van der Waals surface area contributed by atoms with Crippen LogP contribution >= 0.6 is 11.6 Å². The zero-order chi connectivity index (χ0) is 11.5. The molecule has 1 aromatic heterocycles. The maximum Gasteiger partial charge on any atom is 0.378 e. The van der Waals surface area contributed by atoms with E-state index in [1.165, 1.54) is 0 Å². The number of esters is 1. The third-order valence-corrected chi connectivity index (χ3v) is 2.11. The number of rotatable bonds is 2. The Morgan fingerprint density at radius 3 is 2.94 bits per heavy atom. The van der Waals surface area contributed by atoms with Crippen LogP contribution in [0.15, 0.2) is 18.2 Å². The quantitative estimate of drug-likeness (QED) is 0.746. The smallest absolute Gasteiger partial charge is 0.378 e. The summed E-state index contributed by atoms with van der Waals surface area (Å²) in [6, 6.07) is 4.98. The molecule has 0 N–H and O–H groups in total. The Labute approximate surface area is 96.4 Å². The average Bonchev–Trinajstić information content (AvgIpc) is 2.28. The first-order chi connectivity index (χ1) is 7.70. The lowest BCUT2D eigenvalue weighted by molar-refractivity contribution is 0.0511. The summed E-state index contributed by atoms with van der Waals surface area (Å²) in [5, 5.41) is 8.07. The van der Waals surface area contributed by atoms with E-state index in [2.05, 4.69) is 15.2 Å². The minimum Gasteiger partial charge on any atom is -0.460 e. The van der Waals surface area contributed by atoms with E-state index < -0.39 is 5.97 Å². The summed E-state index contributed by atoms with van der Waals surface area (Å²) in [5.74, 6) is -0.622. The topological polar surface area (TPSA) is 65.0 Å². The van der Waals surface area contributed by atoms with Crippen molar-refractivity contribution in [2.24, 2.45) is 0 Å². The van der Waals surface area contributed by atoms with Gasteiger partial charge in [0.05, 0.1) is 12.1 Å². The number of hydrogen-bond donors (Lipinski definition) is 0. The van der Waals surface area contributed by atoms with Gasteiger partial charge in [0, 0.05) is 5.02 Å². The zero-order valence-corrected chi connectivity index (χ0v) is 9.23. The van der Waals surface area contributed by atoms with E-state index in [4.69, 9.17) is 16.3 Å². The van der Waals surface area contributed by atoms with Crippen LogP contribution in [-0.2, 0) is 4.74 Å². The molecule has 0 radical (unpaired) electrons. The SMILES string of the molecule is CCOC(=O)c1nnc2cc(Cl)ccc2n1. The Hall–Kier alpha value is -1.75. The van der Waals surface area contributed by atoms with Crippen molar-refractivity contribution in [3.8, 4) is 0 Å². The minimum atomic E-state index is -0.577. The molecular weight excluding hydrogens is 230 g/mol. The van der Waals surface area contributed by atoms with Crippen LogP contribution in [0.5, 0.6) is 0 Å². The second-order valence-corrected chi connectivity index (χ2v) is 3.43. The number of ether oxygens (including phenoxy) is 1. The fourth-order valence-corrected chi connectivity index (χ4v) is 1.36. The molecule has 0 aliphatic heterocycles. The second kappa shape index (κ2) is 4.40. The van der Waals surface area contributed by atoms with E-state index in [1.807, 2.05) is 0 Å². The molecule has 2 aromatic rings. The summed E-state index contributed by atoms with van der Waals surface area (Å²) in [6.07, 6.45) is 0. The lowest BCUT2D eigenvalue weighted by Crippen LogP contribution is -2.10. The predicted molar refractivity (Wildman–Crippen MR) is 58.3 cm³/mol. The highest BCUT2D eigenvalue weighted by molar-refractivity contribution is 6.31. The van der Waals surface area contributed by atoms with Gasteiger partial charge < -0.3 is 4.74 Å². The van der Waals surface area contributed by atoms with Gasteiger partial charge in [0.25, 0.3) is 5.82 Å². The van der Waals surface area contributed by atoms with Crippen LogP contribution in [0, 0.1) is 0 Å². The van der Waals surface area contributed by atoms with E-state index in [-0.39, 0.29) is 12.4 Å². The predicted octanol–water partition coefficient (Wildman–Crippen LogP) is 1.85. The zero-order valence-electron chi connectivity index (χ0n) is 8.48. The number of fused-ring (bicyclic) bond motifs is 1. The van der Waals surface area contributed by atoms with Gasteiger partial charge in [-0.2, -0.15) is 0 Å². The summed E-state index contributed by atoms with van der Waals surface area (Å²) in [6.45, 7) is 1.99. The third kappa shape index (κ3) is 2.09. The standard InChI is InChI=1S/C10H8ClN3O2/c1-2-16-10(15)9-12-7-4-3-6(11)5-8(7)13-14-9/h3-5H,2H2,1H3. The van der Waals surface area contributed by atoms with Crippen LogP contribution in [-0.4, -0.2) is 27.8 Å². The molecular formula is C10H8ClN3O2. The van der Waals surface area contributed by atoms with Gasteiger partial charge in [-0.25, -0.2) is 9.78 Å². The van der Waals surface area contributed by atoms with Crippen molar-refractivity contribution in [3.63, 3.8) is 0 Å². The minimum absolute atomic E-state index is 0.0447. The maximum absolute atomic E-state index is 11.3. The van der Waals surface area contributed by atoms with Gasteiger partial charge in [-0.3, -0.25) is 0 Å². The molecule has 0 aliphatic rings. The summed E-state index contributed by atoms with van der Waals surface area (Å²) >= 11 is 5.78. The number of nitrogens with zero attached hydrogens (tertiary/aromatic N) is 3. The van der Waals surface area contributed by atoms with Crippen LogP contribution in [0.2, 0.25) is 5.02 Å². The first kappa shape index (κ1) is 10.8. The van der Waals surface area contributed by atoms with Crippen molar-refractivity contribution in [2.45, 2.75) is 6.92 Å². The van der Waals surface area contributed by atoms with Crippen molar-refractivity contribution in [1.29, 1.82) is 0 Å². The van der Waals surface area contributed by atoms with Gasteiger partial charge in [-0.15, -0.1) is 10.2 Å². The number of benzene rings is 1. The van der Waals surface area contributed by atoms with E-state index in [0.29, 0.717) is 16.1 Å². The van der Waals surface area contributed by atoms with Gasteiger partial charge in [0.2, 0.25) is 0 Å². The maximum atomic E-state index is 11.3. The monoisotopic (exact) mass is 237 g/mol. The molecule has 5 nitrogen and oxygen atoms in total. The number of halogens is 1. The Kier molecular flexibility index (Phi) is 2.96. The lowest BCUT2D eigenvalue weighted by atomic mass is 10.3. The lowest BCUT2D eigenvalue weighted by Gasteiger charge is -2.00. The highest BCUT2D eigenvalue weighted by Crippen LogP contribution is 2.15. The molecule has 1 aromatic carbocycles. The highest BCUT2D eigenvalue weighted by atomic mass is 35.5. The van der Waals surface area contributed by atoms with Gasteiger partial charge in [0.15, 0.2) is 0 Å². The van der Waals surface area contributed by atoms with Gasteiger partial charge >= 0.3 is 5.97 Å². The molecule has 0 atom stereocenters. The van der Waals surface area contributed by atoms with Crippen molar-refractivity contribution in [3.05, 3.63) is 29.0 Å². The Morgan fingerprint density at radius 2 is 2.19 bits per heavy atom. The number of carbonyl (C=O) groups is 1. The molecule has 0 saturated heterocycles. The third-order valence-electron chi connectivity index (χ3n) is 1.87. The molecule has 0 bridgehead atoms. The van der Waals surface area contributed by atoms with Crippen molar-refractivity contribution in [1.82, 2.24) is 15.2 Å². The molecule has 82 valence electrons. The largest absolute Gasteiger partial charge is 0.460 e. The van der Waals surface area contributed by atoms with E-state index >= 15 is 0 Å². The first-order valence-corrected chi connectivity index (χ1v) is 5.05. The van der Waals surface area contributed by atoms with E-state index in [0.717, 1.165) is 0 Å². The number of hydrogen-bond acceptors (Lipinski definition) is 5. The van der Waals surface area contributed by atoms with Crippen molar-refractivity contribution < 1.29 is 9.53 Å². The van der Waals surface area contributed by atoms with Crippen molar-refractivity contribution >= 4 is 28.6 Å². The molecule has 0 saturated carbocycles. The van der Waals surface area contributed by atoms with Crippen LogP contribution in [0.3, 0.4) is 0 Å². The fourth-order valence-electron chi connectivity index (χ4n) is 1.19. The van der Waals surface area contributed by atoms with Crippen LogP contribution in [0.1, 0.15) is 17.5 Å². The average molecular weight is 238 g/mol. The molecule has 0 fully saturated rings. The number of aromatic nitrogens is 3. The Bertz CT molecular complexity index is 545. The molecule has 2 rings (SSSR count). The van der Waals surface area contributed by atoms with Crippen LogP contribution in [0.25, 0.3) is 11.0 Å². The highest BCUT2D eigenvalue weighted by Gasteiger charge is 2.11. The number of carbonyl (C=O) groups excluding carboxylic acids is 1. The molecule has 0 unspecified atom stereocenters. The van der Waals surface area contributed by atoms with Crippen LogP contribution in [0.4, 0.5) is 0 Å². The summed E-state index contributed by atoms with van der Waals surface area (Å²) < 4.78 is 4.77. The van der Waals surface area contributed by atoms with Gasteiger partial charge in [0.1, 0.15) is 5.52 Å². The molecule has 16 heavy (non-hydrogen) atoms. The van der Waals surface area contributed by atoms with Crippen molar-refractivity contribution in [2.75, 3.05) is 6.61 Å². The summed E-state index contributed by atoms with van der Waals surface area (Å²) in [7, 11) is 0. The van der Waals surface area contributed by atoms with Gasteiger partial charge in [-0.1, -0.05) is 11.6 Å². The normalized spacial score (nSPS) is 10.4. The molecule has 6 heteroatoms. The Balaban J connectivity index is 2.44. The summed E-state index contributed by atoms with van der Waals surface area (Å²) in [5.41, 5.74) is 1.10. The Morgan fingerprint density at radius 1 is 1.38 bits per heavy atom. The molecule has 1 heterocycles. The molecule has 0 spiro atoms. The molecule has 0 amide bonds.